The van der Waals surface area contributed by atoms with Gasteiger partial charge in [-0.05, 0) is 11.5 Å². The van der Waals surface area contributed by atoms with Gasteiger partial charge in [0.25, 0.3) is 15.9 Å². The summed E-state index contributed by atoms with van der Waals surface area (Å²) in [5.41, 5.74) is 0.221. The molecule has 0 saturated carbocycles. The number of amides is 1. The molecular formula is C11H7NO3S. The molecule has 0 aromatic heterocycles. The zero-order valence-corrected chi connectivity index (χ0v) is 8.91. The molecule has 0 saturated heterocycles. The topological polar surface area (TPSA) is 63.2 Å². The summed E-state index contributed by atoms with van der Waals surface area (Å²) < 4.78 is 25.5. The Morgan fingerprint density at radius 2 is 1.75 bits per heavy atom. The monoisotopic (exact) mass is 233 g/mol. The second-order valence-electron chi connectivity index (χ2n) is 3.60. The van der Waals surface area contributed by atoms with Crippen molar-refractivity contribution in [2.24, 2.45) is 0 Å². The van der Waals surface area contributed by atoms with Gasteiger partial charge < -0.3 is 0 Å². The molecule has 1 heterocycles. The van der Waals surface area contributed by atoms with Gasteiger partial charge in [-0.2, -0.15) is 0 Å². The molecule has 0 fully saturated rings. The zero-order chi connectivity index (χ0) is 11.3. The quantitative estimate of drug-likeness (QED) is 0.745. The predicted octanol–water partition coefficient (Wildman–Crippen LogP) is 1.27. The van der Waals surface area contributed by atoms with Gasteiger partial charge in [0.05, 0.1) is 5.56 Å². The van der Waals surface area contributed by atoms with E-state index in [0.717, 1.165) is 5.39 Å². The summed E-state index contributed by atoms with van der Waals surface area (Å²) in [6, 6.07) is 10.4. The van der Waals surface area contributed by atoms with Gasteiger partial charge in [-0.3, -0.25) is 4.79 Å². The third kappa shape index (κ3) is 1.09. The number of hydrogen-bond donors (Lipinski definition) is 1. The third-order valence-corrected chi connectivity index (χ3v) is 4.05. The summed E-state index contributed by atoms with van der Waals surface area (Å²) in [6.45, 7) is 0. The number of hydrogen-bond acceptors (Lipinski definition) is 3. The second-order valence-corrected chi connectivity index (χ2v) is 5.22. The highest BCUT2D eigenvalue weighted by Gasteiger charge is 2.33. The molecule has 80 valence electrons. The fourth-order valence-corrected chi connectivity index (χ4v) is 3.32. The van der Waals surface area contributed by atoms with Crippen molar-refractivity contribution >= 4 is 26.7 Å². The molecule has 3 rings (SSSR count). The molecule has 1 amide bonds. The molecule has 0 aliphatic carbocycles. The summed E-state index contributed by atoms with van der Waals surface area (Å²) in [4.78, 5) is 11.5. The van der Waals surface area contributed by atoms with Gasteiger partial charge in [0, 0.05) is 5.39 Å². The first kappa shape index (κ1) is 9.35. The summed E-state index contributed by atoms with van der Waals surface area (Å²) in [5.74, 6) is -0.555. The van der Waals surface area contributed by atoms with Crippen molar-refractivity contribution in [3.05, 3.63) is 42.0 Å². The number of carbonyl (C=O) groups is 1. The molecule has 2 aromatic carbocycles. The van der Waals surface area contributed by atoms with Crippen LogP contribution in [0.1, 0.15) is 10.4 Å². The van der Waals surface area contributed by atoms with Crippen LogP contribution in [-0.4, -0.2) is 14.3 Å². The van der Waals surface area contributed by atoms with E-state index in [2.05, 4.69) is 0 Å². The van der Waals surface area contributed by atoms with E-state index in [0.29, 0.717) is 5.39 Å². The van der Waals surface area contributed by atoms with Crippen molar-refractivity contribution in [2.75, 3.05) is 0 Å². The zero-order valence-electron chi connectivity index (χ0n) is 8.10. The van der Waals surface area contributed by atoms with Gasteiger partial charge >= 0.3 is 0 Å². The Balaban J connectivity index is 2.57. The average Bonchev–Trinajstić information content (AvgIpc) is 2.49. The van der Waals surface area contributed by atoms with Crippen molar-refractivity contribution in [1.82, 2.24) is 4.72 Å². The largest absolute Gasteiger partial charge is 0.268 e. The minimum Gasteiger partial charge on any atom is -0.268 e. The average molecular weight is 233 g/mol. The van der Waals surface area contributed by atoms with E-state index >= 15 is 0 Å². The van der Waals surface area contributed by atoms with Gasteiger partial charge in [-0.1, -0.05) is 30.3 Å². The van der Waals surface area contributed by atoms with E-state index in [9.17, 15) is 13.2 Å². The molecule has 0 spiro atoms. The first-order chi connectivity index (χ1) is 7.59. The van der Waals surface area contributed by atoms with Crippen LogP contribution in [0.2, 0.25) is 0 Å². The van der Waals surface area contributed by atoms with E-state index in [1.165, 1.54) is 6.07 Å². The Bertz CT molecular complexity index is 719. The van der Waals surface area contributed by atoms with Crippen molar-refractivity contribution in [1.29, 1.82) is 0 Å². The number of nitrogens with one attached hydrogen (secondary N) is 1. The minimum absolute atomic E-state index is 0.0931. The summed E-state index contributed by atoms with van der Waals surface area (Å²) in [5, 5.41) is 1.39. The highest BCUT2D eigenvalue weighted by molar-refractivity contribution is 7.91. The van der Waals surface area contributed by atoms with Crippen LogP contribution in [0.5, 0.6) is 0 Å². The van der Waals surface area contributed by atoms with E-state index in [-0.39, 0.29) is 10.5 Å². The second kappa shape index (κ2) is 2.82. The maximum atomic E-state index is 11.7. The van der Waals surface area contributed by atoms with Crippen molar-refractivity contribution in [2.45, 2.75) is 4.90 Å². The maximum Gasteiger partial charge on any atom is 0.266 e. The normalized spacial score (nSPS) is 17.1. The van der Waals surface area contributed by atoms with Crippen LogP contribution in [0.25, 0.3) is 10.8 Å². The molecule has 5 heteroatoms. The van der Waals surface area contributed by atoms with Crippen LogP contribution < -0.4 is 4.72 Å². The standard InChI is InChI=1S/C11H7NO3S/c13-11-9-6-5-7-3-1-2-4-8(7)10(9)16(14,15)12-11/h1-6H,(H,12,13). The predicted molar refractivity (Wildman–Crippen MR) is 58.6 cm³/mol. The van der Waals surface area contributed by atoms with Gasteiger partial charge in [0.2, 0.25) is 0 Å². The first-order valence-corrected chi connectivity index (χ1v) is 6.17. The van der Waals surface area contributed by atoms with Crippen molar-refractivity contribution in [3.63, 3.8) is 0 Å². The molecular weight excluding hydrogens is 226 g/mol. The lowest BCUT2D eigenvalue weighted by Gasteiger charge is -2.01. The lowest BCUT2D eigenvalue weighted by Crippen LogP contribution is -2.20. The molecule has 0 bridgehead atoms. The smallest absolute Gasteiger partial charge is 0.266 e. The van der Waals surface area contributed by atoms with Crippen molar-refractivity contribution < 1.29 is 13.2 Å². The van der Waals surface area contributed by atoms with Crippen LogP contribution in [0.15, 0.2) is 41.3 Å². The van der Waals surface area contributed by atoms with E-state index < -0.39 is 15.9 Å². The minimum atomic E-state index is -3.68. The molecule has 1 N–H and O–H groups in total. The number of fused-ring (bicyclic) bond motifs is 3. The fraction of sp³-hybridized carbons (Fsp3) is 0. The van der Waals surface area contributed by atoms with E-state index in [1.54, 1.807) is 18.2 Å². The Labute approximate surface area is 91.9 Å². The van der Waals surface area contributed by atoms with Gasteiger partial charge in [-0.25, -0.2) is 13.1 Å². The van der Waals surface area contributed by atoms with Crippen LogP contribution in [-0.2, 0) is 10.0 Å². The summed E-state index contributed by atoms with van der Waals surface area (Å²) in [6.07, 6.45) is 0. The molecule has 0 radical (unpaired) electrons. The number of sulfonamides is 1. The van der Waals surface area contributed by atoms with Crippen molar-refractivity contribution in [3.8, 4) is 0 Å². The van der Waals surface area contributed by atoms with Crippen LogP contribution in [0.3, 0.4) is 0 Å². The number of rotatable bonds is 0. The molecule has 1 aliphatic rings. The maximum absolute atomic E-state index is 11.7. The lowest BCUT2D eigenvalue weighted by atomic mass is 10.1. The fourth-order valence-electron chi connectivity index (χ4n) is 1.94. The Kier molecular flexibility index (Phi) is 1.65. The molecule has 1 aliphatic heterocycles. The van der Waals surface area contributed by atoms with E-state index in [4.69, 9.17) is 0 Å². The molecule has 0 atom stereocenters. The SMILES string of the molecule is O=C1NS(=O)(=O)c2c1ccc1ccccc21. The van der Waals surface area contributed by atoms with E-state index in [1.807, 2.05) is 16.9 Å². The Morgan fingerprint density at radius 1 is 1.00 bits per heavy atom. The Hall–Kier alpha value is -1.88. The number of carbonyl (C=O) groups excluding carboxylic acids is 1. The van der Waals surface area contributed by atoms with Crippen LogP contribution >= 0.6 is 0 Å². The molecule has 4 nitrogen and oxygen atoms in total. The summed E-state index contributed by atoms with van der Waals surface area (Å²) in [7, 11) is -3.68. The Morgan fingerprint density at radius 3 is 2.56 bits per heavy atom. The highest BCUT2D eigenvalue weighted by Crippen LogP contribution is 2.30. The highest BCUT2D eigenvalue weighted by atomic mass is 32.2. The molecule has 0 unspecified atom stereocenters. The van der Waals surface area contributed by atoms with Crippen LogP contribution in [0.4, 0.5) is 0 Å². The van der Waals surface area contributed by atoms with Gasteiger partial charge in [-0.15, -0.1) is 0 Å². The first-order valence-electron chi connectivity index (χ1n) is 4.68. The van der Waals surface area contributed by atoms with Gasteiger partial charge in [0.15, 0.2) is 0 Å². The number of benzene rings is 2. The molecule has 2 aromatic rings. The lowest BCUT2D eigenvalue weighted by molar-refractivity contribution is 0.0985. The van der Waals surface area contributed by atoms with Crippen LogP contribution in [0, 0.1) is 0 Å². The summed E-state index contributed by atoms with van der Waals surface area (Å²) >= 11 is 0. The molecule has 16 heavy (non-hydrogen) atoms. The third-order valence-electron chi connectivity index (χ3n) is 2.62. The van der Waals surface area contributed by atoms with Gasteiger partial charge in [0.1, 0.15) is 4.90 Å².